The van der Waals surface area contributed by atoms with Gasteiger partial charge in [0.25, 0.3) is 5.91 Å². The lowest BCUT2D eigenvalue weighted by Crippen LogP contribution is -2.25. The summed E-state index contributed by atoms with van der Waals surface area (Å²) in [7, 11) is 0. The van der Waals surface area contributed by atoms with Gasteiger partial charge in [0.2, 0.25) is 0 Å². The molecule has 0 radical (unpaired) electrons. The van der Waals surface area contributed by atoms with Gasteiger partial charge in [0.1, 0.15) is 0 Å². The van der Waals surface area contributed by atoms with Crippen molar-refractivity contribution in [1.82, 2.24) is 10.3 Å². The van der Waals surface area contributed by atoms with Gasteiger partial charge in [0.15, 0.2) is 0 Å². The number of hydrogen-bond donors (Lipinski definition) is 2. The van der Waals surface area contributed by atoms with E-state index in [-0.39, 0.29) is 5.91 Å². The fraction of sp³-hybridized carbons (Fsp3) is 0.231. The number of hydrogen-bond acceptors (Lipinski definition) is 4. The van der Waals surface area contributed by atoms with E-state index in [0.29, 0.717) is 24.3 Å². The van der Waals surface area contributed by atoms with Crippen molar-refractivity contribution >= 4 is 28.8 Å². The van der Waals surface area contributed by atoms with Crippen molar-refractivity contribution in [3.05, 3.63) is 50.9 Å². The third-order valence-electron chi connectivity index (χ3n) is 2.57. The van der Waals surface area contributed by atoms with E-state index in [4.69, 9.17) is 17.3 Å². The van der Waals surface area contributed by atoms with Crippen LogP contribution in [0.3, 0.4) is 0 Å². The number of thiophene rings is 1. The van der Waals surface area contributed by atoms with Crippen molar-refractivity contribution in [1.29, 1.82) is 0 Å². The number of amides is 1. The molecule has 0 aliphatic heterocycles. The SMILES string of the molecule is NCc1cc(C(=O)NCCc2ccc(Cl)s2)ccn1. The van der Waals surface area contributed by atoms with Crippen molar-refractivity contribution < 1.29 is 4.79 Å². The minimum atomic E-state index is -0.111. The average Bonchev–Trinajstić information content (AvgIpc) is 2.84. The summed E-state index contributed by atoms with van der Waals surface area (Å²) < 4.78 is 0.767. The molecule has 0 saturated heterocycles. The van der Waals surface area contributed by atoms with Gasteiger partial charge >= 0.3 is 0 Å². The molecule has 4 nitrogen and oxygen atoms in total. The first-order valence-corrected chi connectivity index (χ1v) is 7.06. The number of nitrogens with zero attached hydrogens (tertiary/aromatic N) is 1. The number of carbonyl (C=O) groups excluding carboxylic acids is 1. The van der Waals surface area contributed by atoms with E-state index in [1.807, 2.05) is 12.1 Å². The lowest BCUT2D eigenvalue weighted by Gasteiger charge is -2.05. The molecule has 1 amide bonds. The van der Waals surface area contributed by atoms with Gasteiger partial charge in [-0.15, -0.1) is 11.3 Å². The van der Waals surface area contributed by atoms with Crippen LogP contribution in [0.5, 0.6) is 0 Å². The van der Waals surface area contributed by atoms with Gasteiger partial charge in [0.05, 0.1) is 10.0 Å². The first-order chi connectivity index (χ1) is 9.19. The van der Waals surface area contributed by atoms with E-state index in [9.17, 15) is 4.79 Å². The maximum atomic E-state index is 11.9. The summed E-state index contributed by atoms with van der Waals surface area (Å²) in [5, 5.41) is 2.86. The minimum absolute atomic E-state index is 0.111. The zero-order valence-corrected chi connectivity index (χ0v) is 11.8. The standard InChI is InChI=1S/C13H14ClN3OS/c14-12-2-1-11(19-12)4-6-17-13(18)9-3-5-16-10(7-9)8-15/h1-3,5,7H,4,6,8,15H2,(H,17,18). The number of pyridine rings is 1. The van der Waals surface area contributed by atoms with Crippen LogP contribution in [0, 0.1) is 0 Å². The second-order valence-electron chi connectivity index (χ2n) is 3.95. The van der Waals surface area contributed by atoms with Crippen LogP contribution in [0.25, 0.3) is 0 Å². The third-order valence-corrected chi connectivity index (χ3v) is 3.86. The van der Waals surface area contributed by atoms with Crippen molar-refractivity contribution in [3.8, 4) is 0 Å². The highest BCUT2D eigenvalue weighted by molar-refractivity contribution is 7.16. The summed E-state index contributed by atoms with van der Waals surface area (Å²) in [5.74, 6) is -0.111. The first-order valence-electron chi connectivity index (χ1n) is 5.86. The van der Waals surface area contributed by atoms with Gasteiger partial charge in [-0.3, -0.25) is 9.78 Å². The molecule has 2 rings (SSSR count). The van der Waals surface area contributed by atoms with Crippen molar-refractivity contribution in [2.24, 2.45) is 5.73 Å². The molecule has 2 aromatic rings. The Morgan fingerprint density at radius 1 is 1.42 bits per heavy atom. The molecule has 6 heteroatoms. The van der Waals surface area contributed by atoms with Gasteiger partial charge < -0.3 is 11.1 Å². The number of nitrogens with one attached hydrogen (secondary N) is 1. The number of nitrogens with two attached hydrogens (primary N) is 1. The predicted octanol–water partition coefficient (Wildman–Crippen LogP) is 2.23. The second-order valence-corrected chi connectivity index (χ2v) is 5.75. The van der Waals surface area contributed by atoms with Crippen LogP contribution in [-0.2, 0) is 13.0 Å². The molecular weight excluding hydrogens is 282 g/mol. The fourth-order valence-corrected chi connectivity index (χ4v) is 2.71. The Hall–Kier alpha value is -1.43. The van der Waals surface area contributed by atoms with E-state index in [0.717, 1.165) is 15.6 Å². The van der Waals surface area contributed by atoms with E-state index >= 15 is 0 Å². The molecule has 2 aromatic heterocycles. The van der Waals surface area contributed by atoms with Crippen molar-refractivity contribution in [2.75, 3.05) is 6.54 Å². The highest BCUT2D eigenvalue weighted by Gasteiger charge is 2.06. The fourth-order valence-electron chi connectivity index (χ4n) is 1.62. The topological polar surface area (TPSA) is 68.0 Å². The minimum Gasteiger partial charge on any atom is -0.352 e. The van der Waals surface area contributed by atoms with Gasteiger partial charge in [-0.2, -0.15) is 0 Å². The molecule has 0 fully saturated rings. The first kappa shape index (κ1) is 14.0. The van der Waals surface area contributed by atoms with Gasteiger partial charge in [0, 0.05) is 29.7 Å². The Kier molecular flexibility index (Phi) is 4.90. The monoisotopic (exact) mass is 295 g/mol. The molecule has 19 heavy (non-hydrogen) atoms. The molecule has 2 heterocycles. The molecule has 100 valence electrons. The van der Waals surface area contributed by atoms with Crippen LogP contribution >= 0.6 is 22.9 Å². The molecule has 0 aliphatic rings. The van der Waals surface area contributed by atoms with E-state index in [1.54, 1.807) is 18.3 Å². The molecule has 3 N–H and O–H groups in total. The van der Waals surface area contributed by atoms with Crippen molar-refractivity contribution in [2.45, 2.75) is 13.0 Å². The molecule has 0 atom stereocenters. The largest absolute Gasteiger partial charge is 0.352 e. The maximum absolute atomic E-state index is 11.9. The zero-order chi connectivity index (χ0) is 13.7. The van der Waals surface area contributed by atoms with E-state index in [2.05, 4.69) is 10.3 Å². The Labute approximate surface area is 120 Å². The van der Waals surface area contributed by atoms with Crippen LogP contribution in [-0.4, -0.2) is 17.4 Å². The van der Waals surface area contributed by atoms with Gasteiger partial charge in [-0.25, -0.2) is 0 Å². The Morgan fingerprint density at radius 2 is 2.26 bits per heavy atom. The summed E-state index contributed by atoms with van der Waals surface area (Å²) >= 11 is 7.37. The molecular formula is C13H14ClN3OS. The summed E-state index contributed by atoms with van der Waals surface area (Å²) in [5.41, 5.74) is 6.78. The highest BCUT2D eigenvalue weighted by atomic mass is 35.5. The molecule has 0 aliphatic carbocycles. The number of aromatic nitrogens is 1. The van der Waals surface area contributed by atoms with Gasteiger partial charge in [-0.1, -0.05) is 11.6 Å². The summed E-state index contributed by atoms with van der Waals surface area (Å²) in [4.78, 5) is 17.1. The predicted molar refractivity (Wildman–Crippen MR) is 77.5 cm³/mol. The van der Waals surface area contributed by atoms with Gasteiger partial charge in [-0.05, 0) is 30.7 Å². The van der Waals surface area contributed by atoms with E-state index in [1.165, 1.54) is 11.3 Å². The lowest BCUT2D eigenvalue weighted by atomic mass is 10.2. The highest BCUT2D eigenvalue weighted by Crippen LogP contribution is 2.21. The third kappa shape index (κ3) is 4.02. The quantitative estimate of drug-likeness (QED) is 0.889. The lowest BCUT2D eigenvalue weighted by molar-refractivity contribution is 0.0954. The Balaban J connectivity index is 1.87. The molecule has 0 spiro atoms. The van der Waals surface area contributed by atoms with Crippen molar-refractivity contribution in [3.63, 3.8) is 0 Å². The number of halogens is 1. The second kappa shape index (κ2) is 6.65. The van der Waals surface area contributed by atoms with Crippen LogP contribution in [0.1, 0.15) is 20.9 Å². The molecule has 0 unspecified atom stereocenters. The van der Waals surface area contributed by atoms with Crippen LogP contribution in [0.4, 0.5) is 0 Å². The summed E-state index contributed by atoms with van der Waals surface area (Å²) in [6, 6.07) is 7.21. The van der Waals surface area contributed by atoms with Crippen LogP contribution < -0.4 is 11.1 Å². The normalized spacial score (nSPS) is 10.4. The van der Waals surface area contributed by atoms with E-state index < -0.39 is 0 Å². The Bertz CT molecular complexity index is 571. The molecule has 0 bridgehead atoms. The van der Waals surface area contributed by atoms with Crippen LogP contribution in [0.2, 0.25) is 4.34 Å². The molecule has 0 aromatic carbocycles. The Morgan fingerprint density at radius 3 is 2.95 bits per heavy atom. The average molecular weight is 296 g/mol. The maximum Gasteiger partial charge on any atom is 0.251 e. The smallest absolute Gasteiger partial charge is 0.251 e. The summed E-state index contributed by atoms with van der Waals surface area (Å²) in [6.45, 7) is 0.908. The molecule has 0 saturated carbocycles. The zero-order valence-electron chi connectivity index (χ0n) is 10.2. The van der Waals surface area contributed by atoms with Crippen LogP contribution in [0.15, 0.2) is 30.5 Å². The number of carbonyl (C=O) groups is 1. The number of rotatable bonds is 5. The summed E-state index contributed by atoms with van der Waals surface area (Å²) in [6.07, 6.45) is 2.37.